The van der Waals surface area contributed by atoms with Crippen LogP contribution in [0.2, 0.25) is 0 Å². The third kappa shape index (κ3) is 2.75. The average molecular weight is 153 g/mol. The van der Waals surface area contributed by atoms with Gasteiger partial charge in [0.05, 0.1) is 11.6 Å². The topological polar surface area (TPSA) is 23.8 Å². The van der Waals surface area contributed by atoms with E-state index in [4.69, 9.17) is 5.26 Å². The van der Waals surface area contributed by atoms with Gasteiger partial charge in [0.25, 0.3) is 0 Å². The molecule has 0 aromatic carbocycles. The lowest BCUT2D eigenvalue weighted by Gasteiger charge is -1.97. The number of rotatable bonds is 3. The average Bonchev–Trinajstić information content (AvgIpc) is 1.99. The summed E-state index contributed by atoms with van der Waals surface area (Å²) in [5.74, 6) is 0. The quantitative estimate of drug-likeness (QED) is 0.460. The Balaban J connectivity index is 4.24. The largest absolute Gasteiger partial charge is 0.192 e. The van der Waals surface area contributed by atoms with Crippen molar-refractivity contribution in [2.24, 2.45) is 0 Å². The molecular formula is C8H11NS. The third-order valence-electron chi connectivity index (χ3n) is 1.04. The van der Waals surface area contributed by atoms with E-state index < -0.39 is 0 Å². The van der Waals surface area contributed by atoms with Crippen LogP contribution in [-0.2, 0) is 0 Å². The van der Waals surface area contributed by atoms with E-state index in [9.17, 15) is 0 Å². The van der Waals surface area contributed by atoms with Crippen molar-refractivity contribution in [3.05, 3.63) is 23.1 Å². The minimum absolute atomic E-state index is 0.564. The van der Waals surface area contributed by atoms with Gasteiger partial charge in [-0.3, -0.25) is 0 Å². The summed E-state index contributed by atoms with van der Waals surface area (Å²) in [6, 6.07) is 2.02. The lowest BCUT2D eigenvalue weighted by Crippen LogP contribution is -1.77. The Kier molecular flexibility index (Phi) is 4.78. The molecule has 0 radical (unpaired) electrons. The van der Waals surface area contributed by atoms with Gasteiger partial charge in [0.2, 0.25) is 0 Å². The van der Waals surface area contributed by atoms with Gasteiger partial charge in [0, 0.05) is 4.91 Å². The molecule has 0 unspecified atom stereocenters. The van der Waals surface area contributed by atoms with Crippen LogP contribution in [0.1, 0.15) is 13.3 Å². The fourth-order valence-electron chi connectivity index (χ4n) is 0.570. The first kappa shape index (κ1) is 9.32. The number of allylic oxidation sites excluding steroid dienone is 2. The Morgan fingerprint density at radius 2 is 2.40 bits per heavy atom. The summed E-state index contributed by atoms with van der Waals surface area (Å²) in [4.78, 5) is 0.991. The zero-order valence-electron chi connectivity index (χ0n) is 6.35. The number of nitriles is 1. The van der Waals surface area contributed by atoms with Crippen LogP contribution in [0.4, 0.5) is 0 Å². The lowest BCUT2D eigenvalue weighted by atomic mass is 10.3. The number of thioether (sulfide) groups is 1. The maximum absolute atomic E-state index is 8.46. The van der Waals surface area contributed by atoms with E-state index in [-0.39, 0.29) is 0 Å². The number of nitrogens with zero attached hydrogens (tertiary/aromatic N) is 1. The Hall–Kier alpha value is -0.680. The van der Waals surface area contributed by atoms with Crippen molar-refractivity contribution >= 4 is 11.8 Å². The van der Waals surface area contributed by atoms with Gasteiger partial charge in [0.1, 0.15) is 0 Å². The molecule has 0 aromatic heterocycles. The fourth-order valence-corrected chi connectivity index (χ4v) is 1.20. The second-order valence-electron chi connectivity index (χ2n) is 1.77. The molecule has 54 valence electrons. The molecule has 0 spiro atoms. The van der Waals surface area contributed by atoms with Gasteiger partial charge in [0.15, 0.2) is 0 Å². The van der Waals surface area contributed by atoms with E-state index in [1.54, 1.807) is 11.8 Å². The maximum Gasteiger partial charge on any atom is 0.0997 e. The van der Waals surface area contributed by atoms with Gasteiger partial charge in [-0.05, 0) is 12.7 Å². The van der Waals surface area contributed by atoms with Crippen LogP contribution in [0.15, 0.2) is 23.1 Å². The first-order chi connectivity index (χ1) is 4.76. The predicted molar refractivity (Wildman–Crippen MR) is 46.6 cm³/mol. The molecule has 2 heteroatoms. The molecule has 10 heavy (non-hydrogen) atoms. The molecule has 0 amide bonds. The molecule has 0 aliphatic heterocycles. The Bertz CT molecular complexity index is 186. The summed E-state index contributed by atoms with van der Waals surface area (Å²) >= 11 is 1.57. The molecule has 0 fully saturated rings. The van der Waals surface area contributed by atoms with Crippen molar-refractivity contribution in [1.29, 1.82) is 5.26 Å². The van der Waals surface area contributed by atoms with Gasteiger partial charge >= 0.3 is 0 Å². The highest BCUT2D eigenvalue weighted by atomic mass is 32.2. The second kappa shape index (κ2) is 5.13. The highest BCUT2D eigenvalue weighted by molar-refractivity contribution is 8.02. The maximum atomic E-state index is 8.46. The van der Waals surface area contributed by atoms with Gasteiger partial charge in [-0.2, -0.15) is 5.26 Å². The zero-order valence-corrected chi connectivity index (χ0v) is 7.16. The first-order valence-electron chi connectivity index (χ1n) is 3.09. The van der Waals surface area contributed by atoms with Gasteiger partial charge in [-0.25, -0.2) is 0 Å². The van der Waals surface area contributed by atoms with Crippen molar-refractivity contribution in [1.82, 2.24) is 0 Å². The highest BCUT2D eigenvalue weighted by Crippen LogP contribution is 2.19. The molecule has 0 aliphatic rings. The Morgan fingerprint density at radius 1 is 1.80 bits per heavy atom. The Labute approximate surface area is 66.4 Å². The second-order valence-corrected chi connectivity index (χ2v) is 2.62. The molecule has 0 rings (SSSR count). The third-order valence-corrected chi connectivity index (χ3v) is 1.89. The van der Waals surface area contributed by atoms with E-state index in [1.165, 1.54) is 0 Å². The summed E-state index contributed by atoms with van der Waals surface area (Å²) in [5, 5.41) is 8.46. The van der Waals surface area contributed by atoms with E-state index in [1.807, 2.05) is 25.3 Å². The van der Waals surface area contributed by atoms with Gasteiger partial charge in [-0.15, -0.1) is 11.8 Å². The van der Waals surface area contributed by atoms with Crippen molar-refractivity contribution in [2.75, 3.05) is 6.26 Å². The molecular weight excluding hydrogens is 142 g/mol. The van der Waals surface area contributed by atoms with Crippen LogP contribution in [-0.4, -0.2) is 6.26 Å². The monoisotopic (exact) mass is 153 g/mol. The van der Waals surface area contributed by atoms with Crippen LogP contribution < -0.4 is 0 Å². The standard InChI is InChI=1S/C8H11NS/c1-4-5-8(10-3)7(2)6-9/h5H,2,4H2,1,3H3/b8-5-. The van der Waals surface area contributed by atoms with Gasteiger partial charge in [-0.1, -0.05) is 19.6 Å². The number of hydrogen-bond donors (Lipinski definition) is 0. The predicted octanol–water partition coefficient (Wildman–Crippen LogP) is 2.72. The van der Waals surface area contributed by atoms with Crippen LogP contribution in [0.3, 0.4) is 0 Å². The lowest BCUT2D eigenvalue weighted by molar-refractivity contribution is 1.22. The first-order valence-corrected chi connectivity index (χ1v) is 4.32. The van der Waals surface area contributed by atoms with Gasteiger partial charge < -0.3 is 0 Å². The van der Waals surface area contributed by atoms with Crippen molar-refractivity contribution in [3.8, 4) is 6.07 Å². The molecule has 0 bridgehead atoms. The summed E-state index contributed by atoms with van der Waals surface area (Å²) < 4.78 is 0. The molecule has 0 heterocycles. The zero-order chi connectivity index (χ0) is 7.98. The summed E-state index contributed by atoms with van der Waals surface area (Å²) in [5.41, 5.74) is 0.564. The SMILES string of the molecule is C=C(C#N)/C(=C/CC)SC. The minimum atomic E-state index is 0.564. The summed E-state index contributed by atoms with van der Waals surface area (Å²) in [6.07, 6.45) is 4.91. The van der Waals surface area contributed by atoms with E-state index >= 15 is 0 Å². The van der Waals surface area contributed by atoms with E-state index in [2.05, 4.69) is 6.58 Å². The summed E-state index contributed by atoms with van der Waals surface area (Å²) in [6.45, 7) is 5.66. The molecule has 0 aromatic rings. The molecule has 0 saturated carbocycles. The molecule has 0 N–H and O–H groups in total. The highest BCUT2D eigenvalue weighted by Gasteiger charge is 1.96. The minimum Gasteiger partial charge on any atom is -0.192 e. The fraction of sp³-hybridized carbons (Fsp3) is 0.375. The molecule has 0 atom stereocenters. The molecule has 0 aliphatic carbocycles. The van der Waals surface area contributed by atoms with Crippen LogP contribution in [0, 0.1) is 11.3 Å². The molecule has 1 nitrogen and oxygen atoms in total. The van der Waals surface area contributed by atoms with Crippen LogP contribution >= 0.6 is 11.8 Å². The van der Waals surface area contributed by atoms with E-state index in [0.717, 1.165) is 11.3 Å². The van der Waals surface area contributed by atoms with Crippen LogP contribution in [0.5, 0.6) is 0 Å². The number of hydrogen-bond acceptors (Lipinski definition) is 2. The Morgan fingerprint density at radius 3 is 2.70 bits per heavy atom. The smallest absolute Gasteiger partial charge is 0.0997 e. The van der Waals surface area contributed by atoms with Crippen molar-refractivity contribution < 1.29 is 0 Å². The molecule has 0 saturated heterocycles. The van der Waals surface area contributed by atoms with Crippen LogP contribution in [0.25, 0.3) is 0 Å². The van der Waals surface area contributed by atoms with Crippen molar-refractivity contribution in [2.45, 2.75) is 13.3 Å². The van der Waals surface area contributed by atoms with E-state index in [0.29, 0.717) is 5.57 Å². The normalized spacial score (nSPS) is 10.7. The van der Waals surface area contributed by atoms with Crippen molar-refractivity contribution in [3.63, 3.8) is 0 Å². The summed E-state index contributed by atoms with van der Waals surface area (Å²) in [7, 11) is 0.